The number of hydrazine groups is 1. The molecule has 1 aromatic carbocycles. The van der Waals surface area contributed by atoms with E-state index < -0.39 is 0 Å². The number of piperidine rings is 1. The second kappa shape index (κ2) is 18.8. The van der Waals surface area contributed by atoms with Crippen molar-refractivity contribution in [1.29, 1.82) is 0 Å². The lowest BCUT2D eigenvalue weighted by Crippen LogP contribution is -2.37. The van der Waals surface area contributed by atoms with E-state index in [1.54, 1.807) is 26.3 Å². The molecule has 0 saturated carbocycles. The molecular weight excluding hydrogens is 512 g/mol. The first-order valence-electron chi connectivity index (χ1n) is 14.3. The van der Waals surface area contributed by atoms with Crippen LogP contribution in [0.4, 0.5) is 5.82 Å². The van der Waals surface area contributed by atoms with Gasteiger partial charge in [-0.25, -0.2) is 10.8 Å². The molecule has 0 spiro atoms. The first-order valence-corrected chi connectivity index (χ1v) is 14.3. The first-order chi connectivity index (χ1) is 20.0. The molecule has 2 aliphatic rings. The number of benzene rings is 1. The highest BCUT2D eigenvalue weighted by Crippen LogP contribution is 2.35. The van der Waals surface area contributed by atoms with Crippen molar-refractivity contribution in [1.82, 2.24) is 9.88 Å². The first kappa shape index (κ1) is 33.8. The molecule has 222 valence electrons. The average Bonchev–Trinajstić information content (AvgIpc) is 3.02. The summed E-state index contributed by atoms with van der Waals surface area (Å²) in [5, 5.41) is 1.58. The third kappa shape index (κ3) is 10.2. The van der Waals surface area contributed by atoms with Crippen LogP contribution in [-0.4, -0.2) is 70.3 Å². The molecule has 1 aliphatic heterocycles. The highest BCUT2D eigenvalue weighted by Gasteiger charge is 2.23. The summed E-state index contributed by atoms with van der Waals surface area (Å²) in [5.74, 6) is 7.78. The summed E-state index contributed by atoms with van der Waals surface area (Å²) in [4.78, 5) is 22.9. The molecule has 41 heavy (non-hydrogen) atoms. The summed E-state index contributed by atoms with van der Waals surface area (Å²) in [6.07, 6.45) is 17.4. The van der Waals surface area contributed by atoms with Crippen LogP contribution in [0, 0.1) is 11.8 Å². The van der Waals surface area contributed by atoms with Crippen LogP contribution in [0.2, 0.25) is 0 Å². The molecule has 2 heterocycles. The number of ether oxygens (including phenoxy) is 1. The number of allylic oxidation sites excluding steroid dienone is 4. The van der Waals surface area contributed by atoms with Crippen LogP contribution in [0.15, 0.2) is 71.9 Å². The minimum atomic E-state index is 0.237. The molecule has 1 aliphatic carbocycles. The molecule has 1 atom stereocenters. The van der Waals surface area contributed by atoms with Gasteiger partial charge in [-0.05, 0) is 68.9 Å². The number of anilines is 1. The monoisotopic (exact) mass is 560 g/mol. The van der Waals surface area contributed by atoms with Gasteiger partial charge >= 0.3 is 0 Å². The van der Waals surface area contributed by atoms with Crippen LogP contribution in [-0.2, 0) is 9.53 Å². The minimum absolute atomic E-state index is 0.237. The van der Waals surface area contributed by atoms with Crippen molar-refractivity contribution < 1.29 is 9.53 Å². The summed E-state index contributed by atoms with van der Waals surface area (Å²) in [7, 11) is 6.51. The van der Waals surface area contributed by atoms with Gasteiger partial charge in [-0.1, -0.05) is 61.6 Å². The molecule has 8 heteroatoms. The SMILES string of the molecule is CC/C=C\N(N)c1nc(C2=CCC(CN3CCC(C=O)CC3)C=C2)c(-c2ccccc2)cc1C=NC.CN.COC. The Bertz CT molecular complexity index is 1170. The summed E-state index contributed by atoms with van der Waals surface area (Å²) in [6.45, 7) is 5.12. The Morgan fingerprint density at radius 1 is 1.17 bits per heavy atom. The van der Waals surface area contributed by atoms with Crippen LogP contribution in [0.1, 0.15) is 43.9 Å². The number of rotatable bonds is 9. The molecule has 0 amide bonds. The molecular formula is C33H48N6O2. The summed E-state index contributed by atoms with van der Waals surface area (Å²) in [5.41, 5.74) is 9.58. The zero-order valence-electron chi connectivity index (χ0n) is 25.4. The number of likely N-dealkylation sites (tertiary alicyclic amines) is 1. The summed E-state index contributed by atoms with van der Waals surface area (Å²) in [6, 6.07) is 12.5. The van der Waals surface area contributed by atoms with Gasteiger partial charge in [-0.15, -0.1) is 0 Å². The number of hydrogen-bond donors (Lipinski definition) is 2. The van der Waals surface area contributed by atoms with Crippen molar-refractivity contribution in [2.24, 2.45) is 28.4 Å². The number of hydrogen-bond acceptors (Lipinski definition) is 8. The van der Waals surface area contributed by atoms with E-state index in [1.165, 1.54) is 7.05 Å². The lowest BCUT2D eigenvalue weighted by Gasteiger charge is -2.32. The maximum absolute atomic E-state index is 11.1. The molecule has 0 radical (unpaired) electrons. The number of aromatic nitrogens is 1. The van der Waals surface area contributed by atoms with E-state index in [4.69, 9.17) is 10.8 Å². The van der Waals surface area contributed by atoms with Gasteiger partial charge in [0.2, 0.25) is 0 Å². The van der Waals surface area contributed by atoms with Gasteiger partial charge in [-0.3, -0.25) is 10.0 Å². The maximum atomic E-state index is 11.1. The molecule has 2 aromatic rings. The van der Waals surface area contributed by atoms with Crippen LogP contribution < -0.4 is 16.6 Å². The van der Waals surface area contributed by atoms with Gasteiger partial charge in [0.1, 0.15) is 6.29 Å². The van der Waals surface area contributed by atoms with Crippen LogP contribution in [0.3, 0.4) is 0 Å². The normalized spacial score (nSPS) is 17.4. The number of pyridine rings is 1. The molecule has 1 fully saturated rings. The number of carbonyl (C=O) groups is 1. The van der Waals surface area contributed by atoms with Gasteiger partial charge in [0.05, 0.1) is 5.69 Å². The predicted molar refractivity (Wildman–Crippen MR) is 173 cm³/mol. The Labute approximate surface area is 246 Å². The standard InChI is InChI=1S/C30H37N5O.C2H6O.CH5N/c1-3-4-16-35(31)30-27(20-32-2)19-28(25-8-6-5-7-9-25)29(33-30)26-12-10-23(11-13-26)21-34-17-14-24(22-36)15-18-34;1-3-2;1-2/h4-10,12-13,16,19-20,22-24H,3,11,14-15,17-18,21,31H2,1-2H3;1-2H3;2H2,1H3/b16-4-,32-20?;;. The number of aldehydes is 1. The molecule has 4 N–H and O–H groups in total. The zero-order valence-corrected chi connectivity index (χ0v) is 25.4. The Morgan fingerprint density at radius 2 is 1.85 bits per heavy atom. The number of carbonyl (C=O) groups excluding carboxylic acids is 1. The molecule has 1 aromatic heterocycles. The number of nitrogens with zero attached hydrogens (tertiary/aromatic N) is 4. The fraction of sp³-hybridized carbons (Fsp3) is 0.424. The molecule has 8 nitrogen and oxygen atoms in total. The van der Waals surface area contributed by atoms with Crippen molar-refractivity contribution in [3.05, 3.63) is 78.2 Å². The molecule has 4 rings (SSSR count). The Hall–Kier alpha value is -3.43. The Balaban J connectivity index is 0.00000110. The number of nitrogens with two attached hydrogens (primary N) is 2. The van der Waals surface area contributed by atoms with E-state index in [1.807, 2.05) is 24.6 Å². The van der Waals surface area contributed by atoms with Crippen LogP contribution in [0.5, 0.6) is 0 Å². The number of methoxy groups -OCH3 is 1. The zero-order chi connectivity index (χ0) is 30.0. The van der Waals surface area contributed by atoms with Crippen molar-refractivity contribution in [2.75, 3.05) is 53.0 Å². The van der Waals surface area contributed by atoms with E-state index in [-0.39, 0.29) is 5.92 Å². The van der Waals surface area contributed by atoms with Crippen LogP contribution in [0.25, 0.3) is 16.7 Å². The van der Waals surface area contributed by atoms with Crippen molar-refractivity contribution in [3.8, 4) is 11.1 Å². The van der Waals surface area contributed by atoms with Crippen LogP contribution >= 0.6 is 0 Å². The van der Waals surface area contributed by atoms with Crippen molar-refractivity contribution in [3.63, 3.8) is 0 Å². The quantitative estimate of drug-likeness (QED) is 0.190. The fourth-order valence-electron chi connectivity index (χ4n) is 4.89. The van der Waals surface area contributed by atoms with E-state index in [0.717, 1.165) is 79.6 Å². The van der Waals surface area contributed by atoms with Crippen molar-refractivity contribution in [2.45, 2.75) is 32.6 Å². The average molecular weight is 561 g/mol. The second-order valence-electron chi connectivity index (χ2n) is 9.95. The highest BCUT2D eigenvalue weighted by molar-refractivity contribution is 5.93. The van der Waals surface area contributed by atoms with E-state index in [9.17, 15) is 4.79 Å². The molecule has 1 saturated heterocycles. The lowest BCUT2D eigenvalue weighted by atomic mass is 9.90. The van der Waals surface area contributed by atoms with Gasteiger partial charge in [0.25, 0.3) is 0 Å². The molecule has 0 bridgehead atoms. The third-order valence-corrected chi connectivity index (χ3v) is 6.91. The minimum Gasteiger partial charge on any atom is -0.388 e. The Morgan fingerprint density at radius 3 is 2.41 bits per heavy atom. The van der Waals surface area contributed by atoms with Gasteiger partial charge in [0.15, 0.2) is 5.82 Å². The highest BCUT2D eigenvalue weighted by atomic mass is 16.4. The predicted octanol–water partition coefficient (Wildman–Crippen LogP) is 5.11. The maximum Gasteiger partial charge on any atom is 0.156 e. The third-order valence-electron chi connectivity index (χ3n) is 6.91. The second-order valence-corrected chi connectivity index (χ2v) is 9.95. The topological polar surface area (TPSA) is 110 Å². The fourth-order valence-corrected chi connectivity index (χ4v) is 4.89. The largest absolute Gasteiger partial charge is 0.388 e. The lowest BCUT2D eigenvalue weighted by molar-refractivity contribution is -0.112. The number of aliphatic imine (C=N–C) groups is 1. The molecule has 1 unspecified atom stereocenters. The summed E-state index contributed by atoms with van der Waals surface area (Å²) < 4.78 is 4.25. The smallest absolute Gasteiger partial charge is 0.156 e. The van der Waals surface area contributed by atoms with E-state index in [2.05, 4.69) is 75.8 Å². The van der Waals surface area contributed by atoms with E-state index >= 15 is 0 Å². The van der Waals surface area contributed by atoms with Gasteiger partial charge in [-0.2, -0.15) is 0 Å². The van der Waals surface area contributed by atoms with Gasteiger partial charge in [0, 0.05) is 57.3 Å². The van der Waals surface area contributed by atoms with Crippen molar-refractivity contribution >= 4 is 23.9 Å². The Kier molecular flexibility index (Phi) is 15.5. The van der Waals surface area contributed by atoms with E-state index in [0.29, 0.717) is 11.7 Å². The summed E-state index contributed by atoms with van der Waals surface area (Å²) >= 11 is 0. The van der Waals surface area contributed by atoms with Gasteiger partial charge < -0.3 is 20.2 Å².